The number of amides is 2. The number of piperidine rings is 1. The number of likely N-dealkylation sites (tertiary alicyclic amines) is 1. The fraction of sp³-hybridized carbons (Fsp3) is 0.308. The molecule has 1 saturated heterocycles. The van der Waals surface area contributed by atoms with Crippen LogP contribution in [0.5, 0.6) is 0 Å². The van der Waals surface area contributed by atoms with Crippen molar-refractivity contribution in [3.05, 3.63) is 82.9 Å². The molecule has 2 aromatic carbocycles. The second kappa shape index (κ2) is 9.51. The maximum Gasteiger partial charge on any atom is 0.350 e. The number of carbonyl (C=O) groups is 2. The van der Waals surface area contributed by atoms with E-state index in [0.717, 1.165) is 10.8 Å². The summed E-state index contributed by atoms with van der Waals surface area (Å²) < 4.78 is 2.94. The molecule has 2 aromatic heterocycles. The first-order valence-corrected chi connectivity index (χ1v) is 11.7. The van der Waals surface area contributed by atoms with Gasteiger partial charge in [-0.25, -0.2) is 9.48 Å². The first-order chi connectivity index (χ1) is 16.6. The van der Waals surface area contributed by atoms with Crippen molar-refractivity contribution in [2.75, 3.05) is 19.6 Å². The number of nitrogens with one attached hydrogen (secondary N) is 1. The third-order valence-corrected chi connectivity index (χ3v) is 6.51. The molecule has 4 aromatic rings. The highest BCUT2D eigenvalue weighted by Gasteiger charge is 2.28. The molecule has 0 unspecified atom stereocenters. The summed E-state index contributed by atoms with van der Waals surface area (Å²) in [6.07, 6.45) is 3.61. The summed E-state index contributed by atoms with van der Waals surface area (Å²) in [7, 11) is 0. The Bertz CT molecular complexity index is 1390. The fourth-order valence-corrected chi connectivity index (χ4v) is 4.63. The average Bonchev–Trinajstić information content (AvgIpc) is 3.21. The largest absolute Gasteiger partial charge is 0.356 e. The molecule has 2 amide bonds. The van der Waals surface area contributed by atoms with E-state index in [1.165, 1.54) is 9.08 Å². The molecule has 0 aliphatic carbocycles. The Morgan fingerprint density at radius 2 is 1.74 bits per heavy atom. The standard InChI is InChI=1S/C26H27N5O3/c32-24(27-14-6-16-31-26(34)30-15-4-3-11-23(30)28-31)20-12-17-29(18-13-20)25(33)22-10-5-8-19-7-1-2-9-21(19)22/h1-5,7-11,15,20H,6,12-14,16-18H2,(H,27,32). The third-order valence-electron chi connectivity index (χ3n) is 6.51. The van der Waals surface area contributed by atoms with Crippen LogP contribution in [0, 0.1) is 5.92 Å². The lowest BCUT2D eigenvalue weighted by molar-refractivity contribution is -0.126. The van der Waals surface area contributed by atoms with Gasteiger partial charge in [0, 0.05) is 43.9 Å². The SMILES string of the molecule is O=C(NCCCn1nc2ccccn2c1=O)C1CCN(C(=O)c2cccc3ccccc23)CC1. The highest BCUT2D eigenvalue weighted by atomic mass is 16.2. The van der Waals surface area contributed by atoms with Crippen LogP contribution in [-0.2, 0) is 11.3 Å². The Hall–Kier alpha value is -3.94. The van der Waals surface area contributed by atoms with Gasteiger partial charge in [-0.15, -0.1) is 5.10 Å². The van der Waals surface area contributed by atoms with Gasteiger partial charge in [-0.1, -0.05) is 42.5 Å². The molecule has 8 nitrogen and oxygen atoms in total. The molecule has 0 radical (unpaired) electrons. The smallest absolute Gasteiger partial charge is 0.350 e. The zero-order valence-electron chi connectivity index (χ0n) is 18.9. The van der Waals surface area contributed by atoms with Crippen LogP contribution in [0.1, 0.15) is 29.6 Å². The molecule has 1 N–H and O–H groups in total. The lowest BCUT2D eigenvalue weighted by Crippen LogP contribution is -2.43. The van der Waals surface area contributed by atoms with Gasteiger partial charge in [0.25, 0.3) is 5.91 Å². The molecule has 8 heteroatoms. The number of hydrogen-bond donors (Lipinski definition) is 1. The molecule has 0 atom stereocenters. The monoisotopic (exact) mass is 457 g/mol. The van der Waals surface area contributed by atoms with Crippen molar-refractivity contribution in [3.63, 3.8) is 0 Å². The summed E-state index contributed by atoms with van der Waals surface area (Å²) in [5.74, 6) is -0.0670. The maximum atomic E-state index is 13.1. The maximum absolute atomic E-state index is 13.1. The van der Waals surface area contributed by atoms with E-state index in [2.05, 4.69) is 10.4 Å². The van der Waals surface area contributed by atoms with Gasteiger partial charge in [-0.2, -0.15) is 0 Å². The van der Waals surface area contributed by atoms with Crippen LogP contribution in [0.25, 0.3) is 16.4 Å². The summed E-state index contributed by atoms with van der Waals surface area (Å²) in [5, 5.41) is 9.30. The minimum atomic E-state index is -0.176. The summed E-state index contributed by atoms with van der Waals surface area (Å²) in [6.45, 7) is 2.06. The van der Waals surface area contributed by atoms with Crippen LogP contribution in [0.4, 0.5) is 0 Å². The second-order valence-electron chi connectivity index (χ2n) is 8.67. The molecule has 174 valence electrons. The van der Waals surface area contributed by atoms with Gasteiger partial charge in [0.2, 0.25) is 5.91 Å². The second-order valence-corrected chi connectivity index (χ2v) is 8.67. The minimum Gasteiger partial charge on any atom is -0.356 e. The van der Waals surface area contributed by atoms with Crippen molar-refractivity contribution in [1.82, 2.24) is 24.4 Å². The van der Waals surface area contributed by atoms with Crippen LogP contribution in [0.3, 0.4) is 0 Å². The van der Waals surface area contributed by atoms with Gasteiger partial charge >= 0.3 is 5.69 Å². The van der Waals surface area contributed by atoms with Crippen LogP contribution >= 0.6 is 0 Å². The van der Waals surface area contributed by atoms with Gasteiger partial charge in [0.05, 0.1) is 0 Å². The van der Waals surface area contributed by atoms with Crippen molar-refractivity contribution in [2.24, 2.45) is 5.92 Å². The third kappa shape index (κ3) is 4.31. The molecule has 1 aliphatic rings. The van der Waals surface area contributed by atoms with Gasteiger partial charge < -0.3 is 10.2 Å². The van der Waals surface area contributed by atoms with E-state index in [9.17, 15) is 14.4 Å². The molecular weight excluding hydrogens is 430 g/mol. The van der Waals surface area contributed by atoms with Crippen molar-refractivity contribution < 1.29 is 9.59 Å². The van der Waals surface area contributed by atoms with E-state index in [1.54, 1.807) is 18.3 Å². The van der Waals surface area contributed by atoms with Gasteiger partial charge in [0.1, 0.15) is 0 Å². The predicted molar refractivity (Wildman–Crippen MR) is 130 cm³/mol. The number of aryl methyl sites for hydroxylation is 1. The molecule has 0 saturated carbocycles. The van der Waals surface area contributed by atoms with Gasteiger partial charge in [-0.3, -0.25) is 14.0 Å². The Morgan fingerprint density at radius 1 is 0.971 bits per heavy atom. The van der Waals surface area contributed by atoms with Crippen LogP contribution in [0.15, 0.2) is 71.7 Å². The minimum absolute atomic E-state index is 0.0135. The highest BCUT2D eigenvalue weighted by molar-refractivity contribution is 6.07. The molecule has 3 heterocycles. The predicted octanol–water partition coefficient (Wildman–Crippen LogP) is 2.71. The topological polar surface area (TPSA) is 88.7 Å². The number of rotatable bonds is 6. The molecule has 34 heavy (non-hydrogen) atoms. The number of pyridine rings is 1. The molecule has 5 rings (SSSR count). The van der Waals surface area contributed by atoms with E-state index in [1.807, 2.05) is 53.4 Å². The fourth-order valence-electron chi connectivity index (χ4n) is 4.63. The Morgan fingerprint density at radius 3 is 2.56 bits per heavy atom. The van der Waals surface area contributed by atoms with Crippen LogP contribution in [-0.4, -0.2) is 50.5 Å². The van der Waals surface area contributed by atoms with E-state index in [0.29, 0.717) is 56.7 Å². The van der Waals surface area contributed by atoms with E-state index in [4.69, 9.17) is 0 Å². The number of aromatic nitrogens is 3. The van der Waals surface area contributed by atoms with Crippen LogP contribution in [0.2, 0.25) is 0 Å². The molecule has 1 fully saturated rings. The zero-order valence-corrected chi connectivity index (χ0v) is 18.9. The van der Waals surface area contributed by atoms with E-state index >= 15 is 0 Å². The van der Waals surface area contributed by atoms with Gasteiger partial charge in [-0.05, 0) is 48.2 Å². The Kier molecular flexibility index (Phi) is 6.12. The molecule has 0 bridgehead atoms. The summed E-state index contributed by atoms with van der Waals surface area (Å²) in [5.41, 5.74) is 1.15. The van der Waals surface area contributed by atoms with Crippen molar-refractivity contribution in [3.8, 4) is 0 Å². The average molecular weight is 458 g/mol. The normalized spacial score (nSPS) is 14.5. The molecular formula is C26H27N5O3. The van der Waals surface area contributed by atoms with E-state index < -0.39 is 0 Å². The first kappa shape index (κ1) is 21.9. The summed E-state index contributed by atoms with van der Waals surface area (Å²) in [6, 6.07) is 19.1. The number of fused-ring (bicyclic) bond motifs is 2. The molecule has 0 spiro atoms. The lowest BCUT2D eigenvalue weighted by atomic mass is 9.95. The Labute approximate surface area is 196 Å². The van der Waals surface area contributed by atoms with Crippen molar-refractivity contribution in [2.45, 2.75) is 25.8 Å². The zero-order chi connectivity index (χ0) is 23.5. The number of benzene rings is 2. The Balaban J connectivity index is 1.11. The number of nitrogens with zero attached hydrogens (tertiary/aromatic N) is 4. The quantitative estimate of drug-likeness (QED) is 0.451. The highest BCUT2D eigenvalue weighted by Crippen LogP contribution is 2.23. The van der Waals surface area contributed by atoms with Crippen molar-refractivity contribution >= 4 is 28.2 Å². The van der Waals surface area contributed by atoms with Crippen LogP contribution < -0.4 is 11.0 Å². The summed E-state index contributed by atoms with van der Waals surface area (Å²) >= 11 is 0. The number of hydrogen-bond acceptors (Lipinski definition) is 4. The van der Waals surface area contributed by atoms with E-state index in [-0.39, 0.29) is 23.4 Å². The van der Waals surface area contributed by atoms with Crippen molar-refractivity contribution in [1.29, 1.82) is 0 Å². The summed E-state index contributed by atoms with van der Waals surface area (Å²) in [4.78, 5) is 39.9. The number of carbonyl (C=O) groups excluding carboxylic acids is 2. The first-order valence-electron chi connectivity index (χ1n) is 11.7. The molecule has 1 aliphatic heterocycles. The van der Waals surface area contributed by atoms with Gasteiger partial charge in [0.15, 0.2) is 5.65 Å². The lowest BCUT2D eigenvalue weighted by Gasteiger charge is -2.31.